The third-order valence-electron chi connectivity index (χ3n) is 3.88. The van der Waals surface area contributed by atoms with Crippen LogP contribution in [0.1, 0.15) is 28.7 Å². The molecule has 0 fully saturated rings. The van der Waals surface area contributed by atoms with Crippen LogP contribution in [0.2, 0.25) is 0 Å². The highest BCUT2D eigenvalue weighted by Gasteiger charge is 2.36. The van der Waals surface area contributed by atoms with Crippen LogP contribution in [-0.4, -0.2) is 18.1 Å². The smallest absolute Gasteiger partial charge is 0.313 e. The van der Waals surface area contributed by atoms with Gasteiger partial charge in [0.1, 0.15) is 17.4 Å². The number of aryl methyl sites for hydroxylation is 1. The van der Waals surface area contributed by atoms with Gasteiger partial charge in [0, 0.05) is 11.1 Å². The van der Waals surface area contributed by atoms with Crippen molar-refractivity contribution in [3.63, 3.8) is 0 Å². The van der Waals surface area contributed by atoms with Crippen LogP contribution in [0.15, 0.2) is 42.5 Å². The minimum atomic E-state index is -0.861. The molecule has 4 heteroatoms. The highest BCUT2D eigenvalue weighted by molar-refractivity contribution is 5.79. The predicted octanol–water partition coefficient (Wildman–Crippen LogP) is 3.23. The summed E-state index contributed by atoms with van der Waals surface area (Å²) in [5.41, 5.74) is 2.65. The molecule has 2 aromatic carbocycles. The van der Waals surface area contributed by atoms with E-state index in [9.17, 15) is 9.90 Å². The first kappa shape index (κ1) is 13.6. The maximum Gasteiger partial charge on any atom is 0.313 e. The minimum absolute atomic E-state index is 0.332. The first-order valence-corrected chi connectivity index (χ1v) is 6.89. The molecule has 2 atom stereocenters. The molecule has 0 aromatic heterocycles. The van der Waals surface area contributed by atoms with Crippen LogP contribution in [0, 0.1) is 6.92 Å². The van der Waals surface area contributed by atoms with Gasteiger partial charge < -0.3 is 15.2 Å². The molecule has 0 aliphatic carbocycles. The minimum Gasteiger partial charge on any atom is -0.481 e. The van der Waals surface area contributed by atoms with E-state index in [0.29, 0.717) is 17.1 Å². The van der Waals surface area contributed by atoms with Gasteiger partial charge in [0.2, 0.25) is 0 Å². The largest absolute Gasteiger partial charge is 0.481 e. The Balaban J connectivity index is 2.26. The van der Waals surface area contributed by atoms with Gasteiger partial charge in [-0.05, 0) is 26.1 Å². The number of hydrogen-bond donors (Lipinski definition) is 2. The number of para-hydroxylation sites is 1. The monoisotopic (exact) mass is 283 g/mol. The number of aliphatic carboxylic acids is 1. The first-order valence-electron chi connectivity index (χ1n) is 6.89. The van der Waals surface area contributed by atoms with Crippen molar-refractivity contribution in [2.24, 2.45) is 0 Å². The maximum atomic E-state index is 11.8. The molecule has 0 spiro atoms. The van der Waals surface area contributed by atoms with Gasteiger partial charge >= 0.3 is 5.97 Å². The molecule has 2 N–H and O–H groups in total. The molecule has 1 unspecified atom stereocenters. The maximum absolute atomic E-state index is 11.8. The molecule has 108 valence electrons. The number of carbonyl (C=O) groups is 1. The van der Waals surface area contributed by atoms with Gasteiger partial charge in [-0.1, -0.05) is 35.9 Å². The van der Waals surface area contributed by atoms with Gasteiger partial charge in [0.05, 0.1) is 6.04 Å². The number of ether oxygens (including phenoxy) is 1. The van der Waals surface area contributed by atoms with Crippen LogP contribution in [0.4, 0.5) is 0 Å². The Bertz CT molecular complexity index is 696. The third kappa shape index (κ3) is 2.28. The number of nitrogens with one attached hydrogen (secondary N) is 1. The lowest BCUT2D eigenvalue weighted by atomic mass is 9.86. The second kappa shape index (κ2) is 5.22. The quantitative estimate of drug-likeness (QED) is 0.888. The Morgan fingerprint density at radius 3 is 2.57 bits per heavy atom. The molecule has 1 heterocycles. The van der Waals surface area contributed by atoms with Crippen molar-refractivity contribution in [1.29, 1.82) is 0 Å². The van der Waals surface area contributed by atoms with E-state index in [-0.39, 0.29) is 6.04 Å². The van der Waals surface area contributed by atoms with Crippen molar-refractivity contribution < 1.29 is 14.6 Å². The van der Waals surface area contributed by atoms with Crippen molar-refractivity contribution in [3.05, 3.63) is 59.2 Å². The molecule has 0 saturated carbocycles. The lowest BCUT2D eigenvalue weighted by molar-refractivity contribution is -0.139. The van der Waals surface area contributed by atoms with Gasteiger partial charge in [-0.2, -0.15) is 0 Å². The van der Waals surface area contributed by atoms with Crippen LogP contribution in [0.25, 0.3) is 0 Å². The van der Waals surface area contributed by atoms with Gasteiger partial charge in [-0.15, -0.1) is 0 Å². The fraction of sp³-hybridized carbons (Fsp3) is 0.235. The first-order chi connectivity index (χ1) is 10.1. The molecule has 0 amide bonds. The van der Waals surface area contributed by atoms with E-state index >= 15 is 0 Å². The number of hydrogen-bond acceptors (Lipinski definition) is 3. The van der Waals surface area contributed by atoms with Crippen molar-refractivity contribution in [3.8, 4) is 11.5 Å². The van der Waals surface area contributed by atoms with Crippen LogP contribution < -0.4 is 10.1 Å². The summed E-state index contributed by atoms with van der Waals surface area (Å²) in [6, 6.07) is 12.8. The average molecular weight is 283 g/mol. The summed E-state index contributed by atoms with van der Waals surface area (Å²) < 4.78 is 5.97. The zero-order chi connectivity index (χ0) is 15.0. The summed E-state index contributed by atoms with van der Waals surface area (Å²) in [6.45, 7) is 1.99. The van der Waals surface area contributed by atoms with E-state index in [0.717, 1.165) is 11.1 Å². The number of carboxylic acids is 1. The molecular weight excluding hydrogens is 266 g/mol. The zero-order valence-corrected chi connectivity index (χ0v) is 12.0. The summed E-state index contributed by atoms with van der Waals surface area (Å²) >= 11 is 0. The topological polar surface area (TPSA) is 58.6 Å². The van der Waals surface area contributed by atoms with Gasteiger partial charge in [0.15, 0.2) is 0 Å². The standard InChI is InChI=1S/C17H17NO3/c1-10-7-8-14-12(9-10)16(18-2)15(17(19)20)11-5-3-4-6-13(11)21-14/h3-9,15-16,18H,1-2H3,(H,19,20)/t15?,16-/m1/s1. The number of benzene rings is 2. The van der Waals surface area contributed by atoms with Crippen LogP contribution >= 0.6 is 0 Å². The highest BCUT2D eigenvalue weighted by atomic mass is 16.5. The summed E-state index contributed by atoms with van der Waals surface area (Å²) in [6.07, 6.45) is 0. The van der Waals surface area contributed by atoms with Crippen LogP contribution in [-0.2, 0) is 4.79 Å². The molecule has 3 rings (SSSR count). The van der Waals surface area contributed by atoms with Gasteiger partial charge in [0.25, 0.3) is 0 Å². The number of fused-ring (bicyclic) bond motifs is 2. The Kier molecular flexibility index (Phi) is 3.39. The Hall–Kier alpha value is -2.33. The van der Waals surface area contributed by atoms with E-state index in [2.05, 4.69) is 5.32 Å². The summed E-state index contributed by atoms with van der Waals surface area (Å²) in [5.74, 6) is -0.238. The van der Waals surface area contributed by atoms with E-state index in [1.165, 1.54) is 0 Å². The molecule has 0 bridgehead atoms. The number of rotatable bonds is 2. The normalized spacial score (nSPS) is 19.9. The van der Waals surface area contributed by atoms with Crippen molar-refractivity contribution in [1.82, 2.24) is 5.32 Å². The van der Waals surface area contributed by atoms with Crippen molar-refractivity contribution >= 4 is 5.97 Å². The Labute approximate surface area is 123 Å². The molecule has 4 nitrogen and oxygen atoms in total. The van der Waals surface area contributed by atoms with E-state index in [1.54, 1.807) is 7.05 Å². The fourth-order valence-corrected chi connectivity index (χ4v) is 2.91. The van der Waals surface area contributed by atoms with Crippen molar-refractivity contribution in [2.75, 3.05) is 7.05 Å². The Morgan fingerprint density at radius 2 is 1.86 bits per heavy atom. The molecule has 1 aliphatic heterocycles. The van der Waals surface area contributed by atoms with E-state index < -0.39 is 11.9 Å². The zero-order valence-electron chi connectivity index (χ0n) is 12.0. The fourth-order valence-electron chi connectivity index (χ4n) is 2.91. The summed E-state index contributed by atoms with van der Waals surface area (Å²) in [7, 11) is 1.78. The molecule has 2 aromatic rings. The third-order valence-corrected chi connectivity index (χ3v) is 3.88. The molecule has 0 radical (unpaired) electrons. The van der Waals surface area contributed by atoms with Gasteiger partial charge in [-0.3, -0.25) is 4.79 Å². The highest BCUT2D eigenvalue weighted by Crippen LogP contribution is 2.45. The second-order valence-corrected chi connectivity index (χ2v) is 5.26. The summed E-state index contributed by atoms with van der Waals surface area (Å²) in [4.78, 5) is 11.8. The molecule has 21 heavy (non-hydrogen) atoms. The number of likely N-dealkylation sites (N-methyl/N-ethyl adjacent to an activating group) is 1. The lowest BCUT2D eigenvalue weighted by Crippen LogP contribution is -2.28. The lowest BCUT2D eigenvalue weighted by Gasteiger charge is -2.23. The average Bonchev–Trinajstić information content (AvgIpc) is 2.60. The molecule has 0 saturated heterocycles. The van der Waals surface area contributed by atoms with Crippen LogP contribution in [0.5, 0.6) is 11.5 Å². The SMILES string of the molecule is CN[C@@H]1c2cc(C)ccc2Oc2ccccc2C1C(=O)O. The Morgan fingerprint density at radius 1 is 1.14 bits per heavy atom. The van der Waals surface area contributed by atoms with E-state index in [1.807, 2.05) is 49.4 Å². The van der Waals surface area contributed by atoms with E-state index in [4.69, 9.17) is 4.74 Å². The number of carboxylic acid groups (broad SMARTS) is 1. The van der Waals surface area contributed by atoms with Crippen molar-refractivity contribution in [2.45, 2.75) is 18.9 Å². The van der Waals surface area contributed by atoms with Crippen LogP contribution in [0.3, 0.4) is 0 Å². The second-order valence-electron chi connectivity index (χ2n) is 5.26. The molecule has 1 aliphatic rings. The summed E-state index contributed by atoms with van der Waals surface area (Å²) in [5, 5.41) is 12.8. The predicted molar refractivity (Wildman–Crippen MR) is 79.9 cm³/mol. The molecular formula is C17H17NO3. The van der Waals surface area contributed by atoms with Gasteiger partial charge in [-0.25, -0.2) is 0 Å².